The molecule has 26 heavy (non-hydrogen) atoms. The smallest absolute Gasteiger partial charge is 0.255 e. The number of benzene rings is 2. The summed E-state index contributed by atoms with van der Waals surface area (Å²) in [7, 11) is -3.75. The van der Waals surface area contributed by atoms with Crippen molar-refractivity contribution >= 4 is 21.6 Å². The molecule has 0 spiro atoms. The summed E-state index contributed by atoms with van der Waals surface area (Å²) in [6, 6.07) is 11.2. The van der Waals surface area contributed by atoms with Crippen LogP contribution in [0.15, 0.2) is 53.4 Å². The number of hydrogen-bond acceptors (Lipinski definition) is 4. The Labute approximate surface area is 151 Å². The van der Waals surface area contributed by atoms with Crippen LogP contribution >= 0.6 is 0 Å². The van der Waals surface area contributed by atoms with Gasteiger partial charge in [0, 0.05) is 18.2 Å². The number of halogens is 1. The molecule has 0 bridgehead atoms. The molecule has 0 aromatic heterocycles. The lowest BCUT2D eigenvalue weighted by atomic mass is 10.2. The Morgan fingerprint density at radius 1 is 1.23 bits per heavy atom. The first-order valence-corrected chi connectivity index (χ1v) is 9.59. The number of anilines is 1. The fourth-order valence-corrected chi connectivity index (χ4v) is 4.41. The molecule has 1 atom stereocenters. The number of rotatable bonds is 4. The minimum atomic E-state index is -3.75. The van der Waals surface area contributed by atoms with Gasteiger partial charge in [0.1, 0.15) is 5.82 Å². The van der Waals surface area contributed by atoms with Gasteiger partial charge in [-0.15, -0.1) is 0 Å². The van der Waals surface area contributed by atoms with Gasteiger partial charge < -0.3 is 10.1 Å². The van der Waals surface area contributed by atoms with Crippen molar-refractivity contribution in [2.45, 2.75) is 17.9 Å². The second-order valence-electron chi connectivity index (χ2n) is 6.00. The molecule has 2 aromatic carbocycles. The molecule has 138 valence electrons. The van der Waals surface area contributed by atoms with E-state index in [9.17, 15) is 17.6 Å². The van der Waals surface area contributed by atoms with Crippen LogP contribution < -0.4 is 5.32 Å². The van der Waals surface area contributed by atoms with E-state index in [2.05, 4.69) is 5.32 Å². The van der Waals surface area contributed by atoms with Crippen molar-refractivity contribution in [3.8, 4) is 0 Å². The summed E-state index contributed by atoms with van der Waals surface area (Å²) in [4.78, 5) is 12.4. The third-order valence-electron chi connectivity index (χ3n) is 4.13. The molecular weight excluding hydrogens is 359 g/mol. The molecule has 0 saturated carbocycles. The molecule has 1 heterocycles. The SMILES string of the molecule is CC1COCCN1S(=O)(=O)c1cccc(C(=O)Nc2ccccc2F)c1. The number of nitrogens with zero attached hydrogens (tertiary/aromatic N) is 1. The van der Waals surface area contributed by atoms with Crippen molar-refractivity contribution < 1.29 is 22.3 Å². The molecule has 1 aliphatic rings. The Balaban J connectivity index is 1.86. The van der Waals surface area contributed by atoms with Gasteiger partial charge in [-0.05, 0) is 37.3 Å². The first-order valence-electron chi connectivity index (χ1n) is 8.15. The molecule has 1 saturated heterocycles. The summed E-state index contributed by atoms with van der Waals surface area (Å²) in [5, 5.41) is 2.45. The summed E-state index contributed by atoms with van der Waals surface area (Å²) < 4.78 is 46.1. The van der Waals surface area contributed by atoms with Gasteiger partial charge in [-0.3, -0.25) is 4.79 Å². The number of carbonyl (C=O) groups is 1. The standard InChI is InChI=1S/C18H19FN2O4S/c1-13-12-25-10-9-21(13)26(23,24)15-6-4-5-14(11-15)18(22)20-17-8-3-2-7-16(17)19/h2-8,11,13H,9-10,12H2,1H3,(H,20,22). The Morgan fingerprint density at radius 3 is 2.73 bits per heavy atom. The van der Waals surface area contributed by atoms with Gasteiger partial charge in [-0.25, -0.2) is 12.8 Å². The van der Waals surface area contributed by atoms with E-state index >= 15 is 0 Å². The largest absolute Gasteiger partial charge is 0.378 e. The second kappa shape index (κ2) is 7.53. The van der Waals surface area contributed by atoms with Crippen molar-refractivity contribution in [3.05, 3.63) is 59.9 Å². The van der Waals surface area contributed by atoms with E-state index < -0.39 is 21.7 Å². The Bertz CT molecular complexity index is 917. The monoisotopic (exact) mass is 378 g/mol. The zero-order valence-corrected chi connectivity index (χ0v) is 15.0. The first kappa shape index (κ1) is 18.5. The van der Waals surface area contributed by atoms with E-state index in [0.29, 0.717) is 13.2 Å². The molecule has 2 aromatic rings. The third kappa shape index (κ3) is 3.77. The van der Waals surface area contributed by atoms with Crippen LogP contribution in [0.5, 0.6) is 0 Å². The predicted molar refractivity (Wildman–Crippen MR) is 95.0 cm³/mol. The molecule has 1 N–H and O–H groups in total. The Kier molecular flexibility index (Phi) is 5.36. The van der Waals surface area contributed by atoms with Gasteiger partial charge in [-0.2, -0.15) is 4.31 Å². The number of para-hydroxylation sites is 1. The summed E-state index contributed by atoms with van der Waals surface area (Å²) >= 11 is 0. The number of carbonyl (C=O) groups excluding carboxylic acids is 1. The molecular formula is C18H19FN2O4S. The Morgan fingerprint density at radius 2 is 2.00 bits per heavy atom. The van der Waals surface area contributed by atoms with Crippen molar-refractivity contribution in [2.24, 2.45) is 0 Å². The number of amides is 1. The zero-order chi connectivity index (χ0) is 18.7. The highest BCUT2D eigenvalue weighted by atomic mass is 32.2. The van der Waals surface area contributed by atoms with Crippen LogP contribution in [0.25, 0.3) is 0 Å². The van der Waals surface area contributed by atoms with E-state index in [-0.39, 0.29) is 28.7 Å². The number of ether oxygens (including phenoxy) is 1. The van der Waals surface area contributed by atoms with Gasteiger partial charge in [0.25, 0.3) is 5.91 Å². The minimum Gasteiger partial charge on any atom is -0.378 e. The molecule has 1 unspecified atom stereocenters. The quantitative estimate of drug-likeness (QED) is 0.887. The summed E-state index contributed by atoms with van der Waals surface area (Å²) in [5.41, 5.74) is 0.169. The average molecular weight is 378 g/mol. The van der Waals surface area contributed by atoms with E-state index in [1.54, 1.807) is 13.0 Å². The first-order chi connectivity index (χ1) is 12.4. The lowest BCUT2D eigenvalue weighted by Gasteiger charge is -2.32. The summed E-state index contributed by atoms with van der Waals surface area (Å²) in [6.45, 7) is 2.68. The van der Waals surface area contributed by atoms with Crippen molar-refractivity contribution in [1.29, 1.82) is 0 Å². The highest BCUT2D eigenvalue weighted by Crippen LogP contribution is 2.22. The maximum atomic E-state index is 13.7. The third-order valence-corrected chi connectivity index (χ3v) is 6.14. The minimum absolute atomic E-state index is 0.0208. The highest BCUT2D eigenvalue weighted by molar-refractivity contribution is 7.89. The molecule has 3 rings (SSSR count). The zero-order valence-electron chi connectivity index (χ0n) is 14.2. The van der Waals surface area contributed by atoms with Crippen molar-refractivity contribution in [3.63, 3.8) is 0 Å². The lowest BCUT2D eigenvalue weighted by molar-refractivity contribution is 0.0393. The number of nitrogens with one attached hydrogen (secondary N) is 1. The summed E-state index contributed by atoms with van der Waals surface area (Å²) in [5.74, 6) is -1.14. The van der Waals surface area contributed by atoms with Crippen LogP contribution in [-0.2, 0) is 14.8 Å². The fraction of sp³-hybridized carbons (Fsp3) is 0.278. The number of morpholine rings is 1. The average Bonchev–Trinajstić information content (AvgIpc) is 2.64. The lowest BCUT2D eigenvalue weighted by Crippen LogP contribution is -2.46. The maximum Gasteiger partial charge on any atom is 0.255 e. The van der Waals surface area contributed by atoms with Gasteiger partial charge in [0.2, 0.25) is 10.0 Å². The van der Waals surface area contributed by atoms with Crippen LogP contribution in [0.3, 0.4) is 0 Å². The van der Waals surface area contributed by atoms with Crippen LogP contribution in [0.1, 0.15) is 17.3 Å². The van der Waals surface area contributed by atoms with E-state index in [1.165, 1.54) is 46.8 Å². The summed E-state index contributed by atoms with van der Waals surface area (Å²) in [6.07, 6.45) is 0. The van der Waals surface area contributed by atoms with Gasteiger partial charge in [0.15, 0.2) is 0 Å². The second-order valence-corrected chi connectivity index (χ2v) is 7.89. The topological polar surface area (TPSA) is 75.7 Å². The van der Waals surface area contributed by atoms with Crippen LogP contribution in [0, 0.1) is 5.82 Å². The number of hydrogen-bond donors (Lipinski definition) is 1. The van der Waals surface area contributed by atoms with Crippen LogP contribution in [-0.4, -0.2) is 44.4 Å². The van der Waals surface area contributed by atoms with Crippen molar-refractivity contribution in [1.82, 2.24) is 4.31 Å². The van der Waals surface area contributed by atoms with E-state index in [4.69, 9.17) is 4.74 Å². The van der Waals surface area contributed by atoms with Gasteiger partial charge >= 0.3 is 0 Å². The molecule has 1 amide bonds. The number of sulfonamides is 1. The normalized spacial score (nSPS) is 18.5. The van der Waals surface area contributed by atoms with E-state index in [1.807, 2.05) is 0 Å². The van der Waals surface area contributed by atoms with E-state index in [0.717, 1.165) is 0 Å². The molecule has 1 aliphatic heterocycles. The van der Waals surface area contributed by atoms with Gasteiger partial charge in [0.05, 0.1) is 23.8 Å². The van der Waals surface area contributed by atoms with Crippen LogP contribution in [0.2, 0.25) is 0 Å². The van der Waals surface area contributed by atoms with Crippen LogP contribution in [0.4, 0.5) is 10.1 Å². The fourth-order valence-electron chi connectivity index (χ4n) is 2.76. The Hall–Kier alpha value is -2.29. The van der Waals surface area contributed by atoms with Crippen molar-refractivity contribution in [2.75, 3.05) is 25.1 Å². The predicted octanol–water partition coefficient (Wildman–Crippen LogP) is 2.49. The molecule has 0 aliphatic carbocycles. The molecule has 6 nitrogen and oxygen atoms in total. The molecule has 8 heteroatoms. The molecule has 0 radical (unpaired) electrons. The maximum absolute atomic E-state index is 13.7. The molecule has 1 fully saturated rings. The van der Waals surface area contributed by atoms with Gasteiger partial charge in [-0.1, -0.05) is 18.2 Å². The highest BCUT2D eigenvalue weighted by Gasteiger charge is 2.31.